The van der Waals surface area contributed by atoms with Crippen LogP contribution in [0.15, 0.2) is 41.3 Å². The van der Waals surface area contributed by atoms with E-state index in [1.165, 1.54) is 16.7 Å². The predicted octanol–water partition coefficient (Wildman–Crippen LogP) is 5.30. The molecule has 0 saturated carbocycles. The van der Waals surface area contributed by atoms with Gasteiger partial charge >= 0.3 is 0 Å². The lowest BCUT2D eigenvalue weighted by Crippen LogP contribution is -2.32. The molecule has 0 spiro atoms. The molecule has 0 atom stereocenters. The Balaban J connectivity index is 2.15. The molecule has 0 N–H and O–H groups in total. The largest absolute Gasteiger partial charge is 0.272 e. The summed E-state index contributed by atoms with van der Waals surface area (Å²) in [6.45, 7) is 7.87. The number of imide groups is 1. The fourth-order valence-electron chi connectivity index (χ4n) is 2.98. The normalized spacial score (nSPS) is 14.6. The van der Waals surface area contributed by atoms with E-state index in [4.69, 9.17) is 11.6 Å². The van der Waals surface area contributed by atoms with E-state index in [0.29, 0.717) is 26.9 Å². The lowest BCUT2D eigenvalue weighted by molar-refractivity contribution is -0.119. The number of hydrogen-bond donors (Lipinski definition) is 0. The standard InChI is InChI=1S/C21H20ClNO2S/c1-5-26-19-18(15-8-6-12(2)14(4)10-15)20(24)23(21(19)25)17-11-16(22)9-7-13(17)3/h6-11H,5H2,1-4H3. The minimum Gasteiger partial charge on any atom is -0.268 e. The first kappa shape index (κ1) is 18.7. The highest BCUT2D eigenvalue weighted by molar-refractivity contribution is 8.04. The van der Waals surface area contributed by atoms with E-state index in [1.807, 2.05) is 52.0 Å². The number of halogens is 1. The van der Waals surface area contributed by atoms with Gasteiger partial charge in [0.2, 0.25) is 0 Å². The van der Waals surface area contributed by atoms with E-state index in [9.17, 15) is 9.59 Å². The second-order valence-electron chi connectivity index (χ2n) is 6.31. The molecular weight excluding hydrogens is 366 g/mol. The Kier molecular flexibility index (Phi) is 5.26. The maximum atomic E-state index is 13.3. The Morgan fingerprint density at radius 2 is 1.62 bits per heavy atom. The lowest BCUT2D eigenvalue weighted by atomic mass is 10.0. The van der Waals surface area contributed by atoms with Gasteiger partial charge in [-0.15, -0.1) is 11.8 Å². The van der Waals surface area contributed by atoms with Crippen molar-refractivity contribution < 1.29 is 9.59 Å². The first-order chi connectivity index (χ1) is 12.3. The number of carbonyl (C=O) groups excluding carboxylic acids is 2. The number of benzene rings is 2. The summed E-state index contributed by atoms with van der Waals surface area (Å²) in [6.07, 6.45) is 0. The number of aryl methyl sites for hydroxylation is 3. The number of thioether (sulfide) groups is 1. The van der Waals surface area contributed by atoms with E-state index in [0.717, 1.165) is 22.3 Å². The zero-order valence-electron chi connectivity index (χ0n) is 15.2. The molecule has 3 nitrogen and oxygen atoms in total. The maximum Gasteiger partial charge on any atom is 0.272 e. The Labute approximate surface area is 163 Å². The van der Waals surface area contributed by atoms with Crippen LogP contribution in [0.25, 0.3) is 5.57 Å². The number of hydrogen-bond acceptors (Lipinski definition) is 3. The van der Waals surface area contributed by atoms with Crippen molar-refractivity contribution in [3.8, 4) is 0 Å². The van der Waals surface area contributed by atoms with Crippen molar-refractivity contribution in [2.24, 2.45) is 0 Å². The first-order valence-corrected chi connectivity index (χ1v) is 9.81. The van der Waals surface area contributed by atoms with Crippen LogP contribution in [0.2, 0.25) is 5.02 Å². The molecule has 2 aromatic rings. The molecule has 0 radical (unpaired) electrons. The molecule has 2 aromatic carbocycles. The van der Waals surface area contributed by atoms with Crippen molar-refractivity contribution in [1.29, 1.82) is 0 Å². The van der Waals surface area contributed by atoms with Crippen LogP contribution < -0.4 is 4.90 Å². The Morgan fingerprint density at radius 1 is 0.923 bits per heavy atom. The van der Waals surface area contributed by atoms with Gasteiger partial charge in [0.15, 0.2) is 0 Å². The molecule has 1 aliphatic heterocycles. The summed E-state index contributed by atoms with van der Waals surface area (Å²) in [7, 11) is 0. The molecule has 0 bridgehead atoms. The molecular formula is C21H20ClNO2S. The van der Waals surface area contributed by atoms with Gasteiger partial charge in [-0.3, -0.25) is 9.59 Å². The molecule has 3 rings (SSSR count). The summed E-state index contributed by atoms with van der Waals surface area (Å²) >= 11 is 7.52. The molecule has 1 aliphatic rings. The fourth-order valence-corrected chi connectivity index (χ4v) is 4.00. The Hall–Kier alpha value is -2.04. The van der Waals surface area contributed by atoms with E-state index < -0.39 is 0 Å². The zero-order chi connectivity index (χ0) is 19.0. The van der Waals surface area contributed by atoms with Crippen molar-refractivity contribution in [2.75, 3.05) is 10.7 Å². The third kappa shape index (κ3) is 3.19. The lowest BCUT2D eigenvalue weighted by Gasteiger charge is -2.18. The molecule has 0 fully saturated rings. The van der Waals surface area contributed by atoms with Gasteiger partial charge < -0.3 is 0 Å². The van der Waals surface area contributed by atoms with Crippen molar-refractivity contribution >= 4 is 46.4 Å². The second-order valence-corrected chi connectivity index (χ2v) is 8.02. The van der Waals surface area contributed by atoms with Gasteiger partial charge in [0.25, 0.3) is 11.8 Å². The summed E-state index contributed by atoms with van der Waals surface area (Å²) in [4.78, 5) is 28.1. The highest BCUT2D eigenvalue weighted by atomic mass is 35.5. The molecule has 5 heteroatoms. The summed E-state index contributed by atoms with van der Waals surface area (Å²) < 4.78 is 0. The highest BCUT2D eigenvalue weighted by Gasteiger charge is 2.40. The smallest absolute Gasteiger partial charge is 0.268 e. The van der Waals surface area contributed by atoms with E-state index in [1.54, 1.807) is 12.1 Å². The SMILES string of the molecule is CCSC1=C(c2ccc(C)c(C)c2)C(=O)N(c2cc(Cl)ccc2C)C1=O. The minimum atomic E-state index is -0.292. The van der Waals surface area contributed by atoms with Crippen LogP contribution in [0, 0.1) is 20.8 Å². The minimum absolute atomic E-state index is 0.277. The van der Waals surface area contributed by atoms with Gasteiger partial charge in [0.1, 0.15) is 0 Å². The molecule has 0 aliphatic carbocycles. The molecule has 0 aromatic heterocycles. The van der Waals surface area contributed by atoms with Crippen LogP contribution in [0.4, 0.5) is 5.69 Å². The fraction of sp³-hybridized carbons (Fsp3) is 0.238. The van der Waals surface area contributed by atoms with Gasteiger partial charge in [-0.2, -0.15) is 0 Å². The van der Waals surface area contributed by atoms with Crippen LogP contribution in [-0.4, -0.2) is 17.6 Å². The van der Waals surface area contributed by atoms with Gasteiger partial charge in [-0.25, -0.2) is 4.90 Å². The second kappa shape index (κ2) is 7.29. The van der Waals surface area contributed by atoms with Crippen molar-refractivity contribution in [3.63, 3.8) is 0 Å². The quantitative estimate of drug-likeness (QED) is 0.670. The van der Waals surface area contributed by atoms with Crippen LogP contribution in [0.1, 0.15) is 29.2 Å². The molecule has 26 heavy (non-hydrogen) atoms. The molecule has 2 amide bonds. The molecule has 0 saturated heterocycles. The Bertz CT molecular complexity index is 949. The van der Waals surface area contributed by atoms with Crippen molar-refractivity contribution in [2.45, 2.75) is 27.7 Å². The average Bonchev–Trinajstić information content (AvgIpc) is 2.84. The maximum absolute atomic E-state index is 13.3. The van der Waals surface area contributed by atoms with Crippen molar-refractivity contribution in [3.05, 3.63) is 68.6 Å². The van der Waals surface area contributed by atoms with Gasteiger partial charge in [0.05, 0.1) is 16.2 Å². The zero-order valence-corrected chi connectivity index (χ0v) is 16.8. The summed E-state index contributed by atoms with van der Waals surface area (Å²) in [5.74, 6) is 0.144. The van der Waals surface area contributed by atoms with E-state index >= 15 is 0 Å². The molecule has 1 heterocycles. The third-order valence-corrected chi connectivity index (χ3v) is 5.73. The number of amides is 2. The third-order valence-electron chi connectivity index (χ3n) is 4.54. The number of carbonyl (C=O) groups is 2. The van der Waals surface area contributed by atoms with E-state index in [2.05, 4.69) is 0 Å². The average molecular weight is 386 g/mol. The molecule has 0 unspecified atom stereocenters. The summed E-state index contributed by atoms with van der Waals surface area (Å²) in [6, 6.07) is 11.1. The van der Waals surface area contributed by atoms with Crippen LogP contribution in [-0.2, 0) is 9.59 Å². The van der Waals surface area contributed by atoms with Crippen LogP contribution >= 0.6 is 23.4 Å². The molecule has 134 valence electrons. The summed E-state index contributed by atoms with van der Waals surface area (Å²) in [5, 5.41) is 0.496. The van der Waals surface area contributed by atoms with Crippen LogP contribution in [0.3, 0.4) is 0 Å². The van der Waals surface area contributed by atoms with E-state index in [-0.39, 0.29) is 11.8 Å². The van der Waals surface area contributed by atoms with Gasteiger partial charge in [0, 0.05) is 5.02 Å². The van der Waals surface area contributed by atoms with Crippen molar-refractivity contribution in [1.82, 2.24) is 0 Å². The van der Waals surface area contributed by atoms with Gasteiger partial charge in [-0.05, 0) is 60.9 Å². The topological polar surface area (TPSA) is 37.4 Å². The first-order valence-electron chi connectivity index (χ1n) is 8.44. The summed E-state index contributed by atoms with van der Waals surface area (Å²) in [5.41, 5.74) is 4.87. The number of rotatable bonds is 4. The van der Waals surface area contributed by atoms with Gasteiger partial charge in [-0.1, -0.05) is 42.8 Å². The monoisotopic (exact) mass is 385 g/mol. The van der Waals surface area contributed by atoms with Crippen LogP contribution in [0.5, 0.6) is 0 Å². The predicted molar refractivity (Wildman–Crippen MR) is 110 cm³/mol. The number of nitrogens with zero attached hydrogens (tertiary/aromatic N) is 1. The Morgan fingerprint density at radius 3 is 2.27 bits per heavy atom. The number of anilines is 1. The highest BCUT2D eigenvalue weighted by Crippen LogP contribution is 2.40.